The maximum absolute atomic E-state index is 13.5. The Kier molecular flexibility index (Phi) is 50.0. The zero-order valence-corrected chi connectivity index (χ0v) is 48.3. The second-order valence-corrected chi connectivity index (χ2v) is 23.0. The summed E-state index contributed by atoms with van der Waals surface area (Å²) < 4.78 is 30.3. The van der Waals surface area contributed by atoms with E-state index in [1.165, 1.54) is 167 Å². The van der Waals surface area contributed by atoms with Gasteiger partial charge in [-0.05, 0) is 51.0 Å². The molecule has 1 N–H and O–H groups in total. The second kappa shape index (κ2) is 51.5. The number of nitrogens with zero attached hydrogens (tertiary/aromatic N) is 1. The Labute approximate surface area is 439 Å². The molecule has 9 nitrogen and oxygen atoms in total. The Morgan fingerprint density at radius 3 is 1.34 bits per heavy atom. The van der Waals surface area contributed by atoms with Gasteiger partial charge >= 0.3 is 5.97 Å². The topological polar surface area (TPSA) is 114 Å². The highest BCUT2D eigenvalue weighted by molar-refractivity contribution is 7.45. The van der Waals surface area contributed by atoms with E-state index in [4.69, 9.17) is 13.8 Å². The van der Waals surface area contributed by atoms with Gasteiger partial charge in [0.2, 0.25) is 5.91 Å². The summed E-state index contributed by atoms with van der Waals surface area (Å²) in [5.41, 5.74) is 0. The lowest BCUT2D eigenvalue weighted by atomic mass is 10.0. The number of phosphoric ester groups is 1. The van der Waals surface area contributed by atoms with Gasteiger partial charge in [0, 0.05) is 12.8 Å². The van der Waals surface area contributed by atoms with Gasteiger partial charge in [0.1, 0.15) is 19.3 Å². The summed E-state index contributed by atoms with van der Waals surface area (Å²) in [6.07, 6.45) is 62.2. The molecular formula is C61H115N2O7P. The summed E-state index contributed by atoms with van der Waals surface area (Å²) >= 11 is 0. The summed E-state index contributed by atoms with van der Waals surface area (Å²) in [5.74, 6) is -0.547. The third-order valence-corrected chi connectivity index (χ3v) is 14.3. The van der Waals surface area contributed by atoms with E-state index in [-0.39, 0.29) is 24.9 Å². The Bertz CT molecular complexity index is 1360. The molecule has 0 aliphatic heterocycles. The monoisotopic (exact) mass is 1020 g/mol. The molecule has 10 heteroatoms. The molecule has 0 aromatic rings. The number of carbonyl (C=O) groups is 2. The molecule has 3 atom stereocenters. The highest BCUT2D eigenvalue weighted by atomic mass is 31.2. The zero-order valence-electron chi connectivity index (χ0n) is 47.4. The summed E-state index contributed by atoms with van der Waals surface area (Å²) in [5, 5.41) is 3.02. The molecule has 0 fully saturated rings. The standard InChI is InChI=1S/C61H115N2O7P/c1-7-10-13-16-19-22-25-27-29-30-31-32-34-36-39-42-45-48-51-54-61(65)70-59(52-49-46-43-40-37-24-21-18-15-12-9-3)58(57-69-71(66,67)68-56-55-63(4,5)6)62-60(64)53-50-47-44-41-38-35-33-28-26-23-20-17-14-11-8-2/h11,14,17,20,23,26,49,52,58-59H,7-10,12-13,15-16,18-19,21-22,24-25,27-48,50-51,53-57H2,1-6H3,(H-,62,64,66,67)/b14-11+,20-17+,26-23+,52-49+. The molecule has 0 aliphatic carbocycles. The quantitative estimate of drug-likeness (QED) is 0.0161. The van der Waals surface area contributed by atoms with Crippen LogP contribution in [0.3, 0.4) is 0 Å². The molecule has 0 radical (unpaired) electrons. The number of rotatable bonds is 54. The van der Waals surface area contributed by atoms with Crippen LogP contribution in [0.1, 0.15) is 278 Å². The van der Waals surface area contributed by atoms with Crippen molar-refractivity contribution in [1.82, 2.24) is 5.32 Å². The van der Waals surface area contributed by atoms with Gasteiger partial charge in [-0.1, -0.05) is 262 Å². The number of amides is 1. The van der Waals surface area contributed by atoms with Crippen molar-refractivity contribution >= 4 is 19.7 Å². The van der Waals surface area contributed by atoms with Crippen molar-refractivity contribution in [2.75, 3.05) is 40.9 Å². The second-order valence-electron chi connectivity index (χ2n) is 21.5. The lowest BCUT2D eigenvalue weighted by molar-refractivity contribution is -0.870. The number of nitrogens with one attached hydrogen (secondary N) is 1. The van der Waals surface area contributed by atoms with Crippen molar-refractivity contribution in [1.29, 1.82) is 0 Å². The average molecular weight is 1020 g/mol. The van der Waals surface area contributed by atoms with Gasteiger partial charge in [-0.15, -0.1) is 0 Å². The number of allylic oxidation sites excluding steroid dienone is 7. The number of esters is 1. The van der Waals surface area contributed by atoms with Crippen LogP contribution in [0.4, 0.5) is 0 Å². The van der Waals surface area contributed by atoms with Crippen molar-refractivity contribution in [3.05, 3.63) is 48.6 Å². The van der Waals surface area contributed by atoms with Crippen LogP contribution in [0.15, 0.2) is 48.6 Å². The van der Waals surface area contributed by atoms with E-state index in [2.05, 4.69) is 62.5 Å². The molecule has 0 heterocycles. The maximum atomic E-state index is 13.5. The van der Waals surface area contributed by atoms with Crippen molar-refractivity contribution in [3.63, 3.8) is 0 Å². The Hall–Kier alpha value is -2.03. The molecule has 71 heavy (non-hydrogen) atoms. The molecular weight excluding hydrogens is 904 g/mol. The van der Waals surface area contributed by atoms with Crippen LogP contribution in [0, 0.1) is 0 Å². The minimum Gasteiger partial charge on any atom is -0.756 e. The fourth-order valence-corrected chi connectivity index (χ4v) is 9.42. The molecule has 3 unspecified atom stereocenters. The van der Waals surface area contributed by atoms with Gasteiger partial charge in [-0.2, -0.15) is 0 Å². The maximum Gasteiger partial charge on any atom is 0.306 e. The highest BCUT2D eigenvalue weighted by Crippen LogP contribution is 2.38. The summed E-state index contributed by atoms with van der Waals surface area (Å²) in [7, 11) is 1.18. The molecule has 0 aliphatic rings. The first-order valence-corrected chi connectivity index (χ1v) is 31.4. The SMILES string of the molecule is CC/C=C/C=C/C=C/CCCCCCCCCC(=O)NC(COP(=O)([O-])OCC[N+](C)(C)C)C(/C=C/CCCCCCCCCCC)OC(=O)CCCCCCCCCCCCCCCCCCCCC. The minimum atomic E-state index is -4.70. The van der Waals surface area contributed by atoms with E-state index in [0.29, 0.717) is 17.4 Å². The predicted octanol–water partition coefficient (Wildman–Crippen LogP) is 17.5. The van der Waals surface area contributed by atoms with Crippen molar-refractivity contribution in [2.45, 2.75) is 290 Å². The van der Waals surface area contributed by atoms with Gasteiger partial charge in [-0.25, -0.2) is 0 Å². The first-order valence-electron chi connectivity index (χ1n) is 30.0. The lowest BCUT2D eigenvalue weighted by Gasteiger charge is -2.30. The smallest absolute Gasteiger partial charge is 0.306 e. The highest BCUT2D eigenvalue weighted by Gasteiger charge is 2.27. The Balaban J connectivity index is 5.23. The fourth-order valence-electron chi connectivity index (χ4n) is 8.70. The number of likely N-dealkylation sites (N-methyl/N-ethyl adjacent to an activating group) is 1. The van der Waals surface area contributed by atoms with E-state index < -0.39 is 26.6 Å². The average Bonchev–Trinajstić information content (AvgIpc) is 3.33. The molecule has 416 valence electrons. The van der Waals surface area contributed by atoms with E-state index in [0.717, 1.165) is 77.0 Å². The number of hydrogen-bond acceptors (Lipinski definition) is 7. The van der Waals surface area contributed by atoms with Gasteiger partial charge in [0.25, 0.3) is 7.82 Å². The molecule has 1 amide bonds. The normalized spacial score (nSPS) is 14.1. The Morgan fingerprint density at radius 1 is 0.507 bits per heavy atom. The number of hydrogen-bond donors (Lipinski definition) is 1. The van der Waals surface area contributed by atoms with Gasteiger partial charge in [0.05, 0.1) is 33.8 Å². The lowest BCUT2D eigenvalue weighted by Crippen LogP contribution is -2.47. The number of ether oxygens (including phenoxy) is 1. The van der Waals surface area contributed by atoms with Crippen molar-refractivity contribution in [3.8, 4) is 0 Å². The van der Waals surface area contributed by atoms with Crippen LogP contribution in [0.25, 0.3) is 0 Å². The van der Waals surface area contributed by atoms with Gasteiger partial charge < -0.3 is 28.5 Å². The third kappa shape index (κ3) is 52.6. The molecule has 0 aromatic heterocycles. The first kappa shape index (κ1) is 69.0. The van der Waals surface area contributed by atoms with Crippen LogP contribution < -0.4 is 10.2 Å². The minimum absolute atomic E-state index is 0.0242. The van der Waals surface area contributed by atoms with Crippen LogP contribution in [-0.4, -0.2) is 69.4 Å². The largest absolute Gasteiger partial charge is 0.756 e. The van der Waals surface area contributed by atoms with E-state index in [1.54, 1.807) is 0 Å². The zero-order chi connectivity index (χ0) is 52.2. The first-order chi connectivity index (χ1) is 34.4. The summed E-state index contributed by atoms with van der Waals surface area (Å²) in [4.78, 5) is 39.9. The van der Waals surface area contributed by atoms with Crippen LogP contribution in [0.2, 0.25) is 0 Å². The predicted molar refractivity (Wildman–Crippen MR) is 302 cm³/mol. The van der Waals surface area contributed by atoms with Gasteiger partial charge in [0.15, 0.2) is 0 Å². The van der Waals surface area contributed by atoms with Crippen LogP contribution >= 0.6 is 7.82 Å². The van der Waals surface area contributed by atoms with E-state index >= 15 is 0 Å². The van der Waals surface area contributed by atoms with Crippen molar-refractivity contribution in [2.24, 2.45) is 0 Å². The number of unbranched alkanes of at least 4 members (excludes halogenated alkanes) is 34. The molecule has 0 rings (SSSR count). The van der Waals surface area contributed by atoms with Gasteiger partial charge in [-0.3, -0.25) is 14.2 Å². The van der Waals surface area contributed by atoms with E-state index in [9.17, 15) is 19.0 Å². The summed E-state index contributed by atoms with van der Waals surface area (Å²) in [6.45, 7) is 6.72. The molecule has 0 spiro atoms. The molecule has 0 aromatic carbocycles. The summed E-state index contributed by atoms with van der Waals surface area (Å²) in [6, 6.07) is -0.891. The third-order valence-electron chi connectivity index (χ3n) is 13.3. The molecule has 0 saturated heterocycles. The fraction of sp³-hybridized carbons (Fsp3) is 0.836. The number of quaternary nitrogens is 1. The van der Waals surface area contributed by atoms with Crippen molar-refractivity contribution < 1.29 is 37.3 Å². The van der Waals surface area contributed by atoms with Crippen LogP contribution in [0.5, 0.6) is 0 Å². The van der Waals surface area contributed by atoms with E-state index in [1.807, 2.05) is 33.3 Å². The number of carbonyl (C=O) groups excluding carboxylic acids is 2. The molecule has 0 saturated carbocycles. The molecule has 0 bridgehead atoms. The van der Waals surface area contributed by atoms with Crippen LogP contribution in [-0.2, 0) is 27.9 Å². The Morgan fingerprint density at radius 2 is 0.901 bits per heavy atom. The number of phosphoric acid groups is 1.